The van der Waals surface area contributed by atoms with Crippen LogP contribution in [0.1, 0.15) is 33.6 Å². The average Bonchev–Trinajstić information content (AvgIpc) is 2.47. The summed E-state index contributed by atoms with van der Waals surface area (Å²) in [7, 11) is 1.15. The minimum atomic E-state index is -2.94. The van der Waals surface area contributed by atoms with Crippen molar-refractivity contribution < 1.29 is 13.2 Å². The van der Waals surface area contributed by atoms with Gasteiger partial charge in [-0.3, -0.25) is 4.99 Å². The fourth-order valence-electron chi connectivity index (χ4n) is 2.07. The second-order valence-electron chi connectivity index (χ2n) is 6.35. The van der Waals surface area contributed by atoms with E-state index in [4.69, 9.17) is 4.74 Å². The largest absolute Gasteiger partial charge is 0.377 e. The maximum absolute atomic E-state index is 11.3. The van der Waals surface area contributed by atoms with Crippen LogP contribution < -0.4 is 10.6 Å². The third-order valence-corrected chi connectivity index (χ3v) is 4.38. The van der Waals surface area contributed by atoms with Gasteiger partial charge in [0.1, 0.15) is 9.84 Å². The molecule has 8 heteroatoms. The number of sulfone groups is 1. The molecule has 24 heavy (non-hydrogen) atoms. The highest BCUT2D eigenvalue weighted by atomic mass is 32.2. The Labute approximate surface area is 148 Å². The van der Waals surface area contributed by atoms with Crippen LogP contribution >= 0.6 is 0 Å². The zero-order valence-corrected chi connectivity index (χ0v) is 16.9. The van der Waals surface area contributed by atoms with Crippen molar-refractivity contribution in [2.45, 2.75) is 45.8 Å². The first kappa shape index (κ1) is 23.1. The van der Waals surface area contributed by atoms with E-state index in [9.17, 15) is 8.42 Å². The van der Waals surface area contributed by atoms with Crippen LogP contribution in [0, 0.1) is 0 Å². The average molecular weight is 365 g/mol. The molecule has 0 spiro atoms. The van der Waals surface area contributed by atoms with Crippen molar-refractivity contribution in [3.63, 3.8) is 0 Å². The summed E-state index contributed by atoms with van der Waals surface area (Å²) in [5.74, 6) is 0.874. The number of guanidine groups is 1. The smallest absolute Gasteiger partial charge is 0.191 e. The van der Waals surface area contributed by atoms with Gasteiger partial charge in [0.05, 0.1) is 18.4 Å². The number of nitrogens with zero attached hydrogens (tertiary/aromatic N) is 2. The van der Waals surface area contributed by atoms with Crippen molar-refractivity contribution in [1.29, 1.82) is 0 Å². The van der Waals surface area contributed by atoms with E-state index in [1.54, 1.807) is 0 Å². The van der Waals surface area contributed by atoms with E-state index in [0.717, 1.165) is 19.5 Å². The van der Waals surface area contributed by atoms with E-state index in [1.807, 2.05) is 34.9 Å². The summed E-state index contributed by atoms with van der Waals surface area (Å²) in [5.41, 5.74) is 0. The highest BCUT2D eigenvalue weighted by molar-refractivity contribution is 7.90. The summed E-state index contributed by atoms with van der Waals surface area (Å²) in [4.78, 5) is 6.73. The lowest BCUT2D eigenvalue weighted by Crippen LogP contribution is -2.43. The van der Waals surface area contributed by atoms with E-state index in [-0.39, 0.29) is 17.9 Å². The molecular formula is C16H36N4O3S. The molecule has 0 heterocycles. The van der Waals surface area contributed by atoms with Crippen LogP contribution in [-0.2, 0) is 14.6 Å². The predicted molar refractivity (Wildman–Crippen MR) is 101 cm³/mol. The maximum atomic E-state index is 11.3. The van der Waals surface area contributed by atoms with Crippen LogP contribution in [0.15, 0.2) is 4.99 Å². The first-order chi connectivity index (χ1) is 11.2. The third kappa shape index (κ3) is 13.6. The van der Waals surface area contributed by atoms with Gasteiger partial charge in [-0.25, -0.2) is 8.42 Å². The van der Waals surface area contributed by atoms with E-state index in [0.29, 0.717) is 25.5 Å². The van der Waals surface area contributed by atoms with Crippen LogP contribution in [-0.4, -0.2) is 83.8 Å². The Kier molecular flexibility index (Phi) is 12.0. The summed E-state index contributed by atoms with van der Waals surface area (Å²) in [5, 5.41) is 6.46. The van der Waals surface area contributed by atoms with Gasteiger partial charge in [0, 0.05) is 32.0 Å². The maximum Gasteiger partial charge on any atom is 0.191 e. The molecule has 0 bridgehead atoms. The zero-order valence-electron chi connectivity index (χ0n) is 16.1. The lowest BCUT2D eigenvalue weighted by Gasteiger charge is -2.20. The first-order valence-corrected chi connectivity index (χ1v) is 10.7. The quantitative estimate of drug-likeness (QED) is 0.392. The molecule has 0 rings (SSSR count). The number of aliphatic imine (C=N–C) groups is 1. The Morgan fingerprint density at radius 3 is 2.42 bits per heavy atom. The lowest BCUT2D eigenvalue weighted by atomic mass is 10.2. The third-order valence-electron chi connectivity index (χ3n) is 3.40. The summed E-state index contributed by atoms with van der Waals surface area (Å²) >= 11 is 0. The fourth-order valence-corrected chi connectivity index (χ4v) is 2.86. The number of hydrogen-bond donors (Lipinski definition) is 2. The molecule has 0 fully saturated rings. The molecule has 2 unspecified atom stereocenters. The van der Waals surface area contributed by atoms with Gasteiger partial charge in [-0.05, 0) is 47.7 Å². The normalized spacial score (nSPS) is 15.4. The Balaban J connectivity index is 4.60. The van der Waals surface area contributed by atoms with E-state index < -0.39 is 9.84 Å². The molecule has 0 saturated heterocycles. The summed E-state index contributed by atoms with van der Waals surface area (Å²) in [6.45, 7) is 8.91. The first-order valence-electron chi connectivity index (χ1n) is 8.66. The van der Waals surface area contributed by atoms with E-state index in [1.165, 1.54) is 6.26 Å². The van der Waals surface area contributed by atoms with Gasteiger partial charge in [0.2, 0.25) is 0 Å². The summed E-state index contributed by atoms with van der Waals surface area (Å²) in [6, 6.07) is 0.0323. The lowest BCUT2D eigenvalue weighted by molar-refractivity contribution is 0.0582. The van der Waals surface area contributed by atoms with Crippen LogP contribution in [0.5, 0.6) is 0 Å². The molecule has 0 amide bonds. The molecule has 0 aliphatic heterocycles. The van der Waals surface area contributed by atoms with Gasteiger partial charge < -0.3 is 20.3 Å². The minimum absolute atomic E-state index is 0.0323. The fraction of sp³-hybridized carbons (Fsp3) is 0.938. The van der Waals surface area contributed by atoms with Gasteiger partial charge in [0.15, 0.2) is 5.96 Å². The Bertz CT molecular complexity index is 452. The van der Waals surface area contributed by atoms with Gasteiger partial charge in [0.25, 0.3) is 0 Å². The highest BCUT2D eigenvalue weighted by Crippen LogP contribution is 2.01. The molecule has 0 aliphatic rings. The van der Waals surface area contributed by atoms with Crippen LogP contribution in [0.25, 0.3) is 0 Å². The summed E-state index contributed by atoms with van der Waals surface area (Å²) in [6.07, 6.45) is 2.82. The molecule has 2 N–H and O–H groups in total. The predicted octanol–water partition coefficient (Wildman–Crippen LogP) is 0.722. The molecule has 2 atom stereocenters. The second kappa shape index (κ2) is 12.5. The Hall–Kier alpha value is -0.860. The molecule has 7 nitrogen and oxygen atoms in total. The van der Waals surface area contributed by atoms with E-state index >= 15 is 0 Å². The SMILES string of the molecule is CCNC(=NCC(CCN(C)C)OCC)NC(C)CCS(C)(=O)=O. The zero-order chi connectivity index (χ0) is 18.6. The number of nitrogens with one attached hydrogen (secondary N) is 2. The number of ether oxygens (including phenoxy) is 1. The van der Waals surface area contributed by atoms with Gasteiger partial charge >= 0.3 is 0 Å². The Morgan fingerprint density at radius 1 is 1.25 bits per heavy atom. The van der Waals surface area contributed by atoms with Crippen LogP contribution in [0.3, 0.4) is 0 Å². The van der Waals surface area contributed by atoms with Crippen molar-refractivity contribution in [1.82, 2.24) is 15.5 Å². The molecule has 0 aromatic rings. The minimum Gasteiger partial charge on any atom is -0.377 e. The molecule has 0 saturated carbocycles. The van der Waals surface area contributed by atoms with Crippen LogP contribution in [0.4, 0.5) is 0 Å². The second-order valence-corrected chi connectivity index (χ2v) is 8.61. The molecular weight excluding hydrogens is 328 g/mol. The topological polar surface area (TPSA) is 83.0 Å². The Morgan fingerprint density at radius 2 is 1.92 bits per heavy atom. The van der Waals surface area contributed by atoms with Crippen LogP contribution in [0.2, 0.25) is 0 Å². The van der Waals surface area contributed by atoms with Crippen molar-refractivity contribution in [3.05, 3.63) is 0 Å². The van der Waals surface area contributed by atoms with Crippen molar-refractivity contribution in [3.8, 4) is 0 Å². The van der Waals surface area contributed by atoms with Crippen molar-refractivity contribution in [2.75, 3.05) is 52.3 Å². The van der Waals surface area contributed by atoms with Crippen molar-refractivity contribution >= 4 is 15.8 Å². The van der Waals surface area contributed by atoms with E-state index in [2.05, 4.69) is 20.5 Å². The number of rotatable bonds is 12. The summed E-state index contributed by atoms with van der Waals surface area (Å²) < 4.78 is 28.3. The van der Waals surface area contributed by atoms with Gasteiger partial charge in [-0.2, -0.15) is 0 Å². The molecule has 0 aromatic carbocycles. The van der Waals surface area contributed by atoms with Gasteiger partial charge in [-0.15, -0.1) is 0 Å². The number of hydrogen-bond acceptors (Lipinski definition) is 5. The van der Waals surface area contributed by atoms with Gasteiger partial charge in [-0.1, -0.05) is 0 Å². The molecule has 0 radical (unpaired) electrons. The molecule has 0 aromatic heterocycles. The molecule has 144 valence electrons. The molecule has 0 aliphatic carbocycles. The standard InChI is InChI=1S/C16H36N4O3S/c1-7-17-16(19-14(3)10-12-24(6,21)22)18-13-15(23-8-2)9-11-20(4)5/h14-15H,7-13H2,1-6H3,(H2,17,18,19). The monoisotopic (exact) mass is 364 g/mol. The highest BCUT2D eigenvalue weighted by Gasteiger charge is 2.12. The van der Waals surface area contributed by atoms with Crippen molar-refractivity contribution in [2.24, 2.45) is 4.99 Å².